The van der Waals surface area contributed by atoms with E-state index >= 15 is 0 Å². The number of hydrogen-bond acceptors (Lipinski definition) is 3. The van der Waals surface area contributed by atoms with Crippen LogP contribution in [0.15, 0.2) is 48.5 Å². The zero-order chi connectivity index (χ0) is 16.2. The molecule has 1 atom stereocenters. The predicted octanol–water partition coefficient (Wildman–Crippen LogP) is 3.69. The van der Waals surface area contributed by atoms with Crippen molar-refractivity contribution in [1.29, 1.82) is 0 Å². The minimum Gasteiger partial charge on any atom is -0.481 e. The molecule has 0 fully saturated rings. The monoisotopic (exact) mass is 308 g/mol. The number of carbonyl (C=O) groups is 1. The molecule has 1 heterocycles. The lowest BCUT2D eigenvalue weighted by Gasteiger charge is -2.17. The van der Waals surface area contributed by atoms with Crippen LogP contribution in [0.2, 0.25) is 0 Å². The maximum absolute atomic E-state index is 11.9. The fourth-order valence-electron chi connectivity index (χ4n) is 3.13. The maximum atomic E-state index is 11.9. The SMILES string of the molecule is NCCCCC(C(=O)O)c1c2ccccc2nc2ccccc12. The second kappa shape index (κ2) is 6.75. The summed E-state index contributed by atoms with van der Waals surface area (Å²) in [6, 6.07) is 15.5. The standard InChI is InChI=1S/C19H20N2O2/c20-12-6-5-9-15(19(22)23)18-13-7-1-3-10-16(13)21-17-11-4-2-8-14(17)18/h1-4,7-8,10-11,15H,5-6,9,12,20H2,(H,22,23). The van der Waals surface area contributed by atoms with E-state index in [9.17, 15) is 9.90 Å². The van der Waals surface area contributed by atoms with E-state index < -0.39 is 11.9 Å². The van der Waals surface area contributed by atoms with E-state index in [0.717, 1.165) is 40.2 Å². The zero-order valence-corrected chi connectivity index (χ0v) is 12.9. The van der Waals surface area contributed by atoms with E-state index in [2.05, 4.69) is 4.98 Å². The molecule has 0 saturated heterocycles. The number of aliphatic carboxylic acids is 1. The number of rotatable bonds is 6. The molecule has 3 aromatic rings. The molecule has 2 aromatic carbocycles. The molecule has 1 unspecified atom stereocenters. The maximum Gasteiger partial charge on any atom is 0.311 e. The molecule has 0 bridgehead atoms. The van der Waals surface area contributed by atoms with Gasteiger partial charge in [0.25, 0.3) is 0 Å². The highest BCUT2D eigenvalue weighted by Gasteiger charge is 2.24. The van der Waals surface area contributed by atoms with Crippen molar-refractivity contribution in [2.45, 2.75) is 25.2 Å². The Hall–Kier alpha value is -2.46. The lowest BCUT2D eigenvalue weighted by Crippen LogP contribution is -2.14. The van der Waals surface area contributed by atoms with Crippen molar-refractivity contribution in [3.05, 3.63) is 54.1 Å². The molecule has 0 aliphatic heterocycles. The summed E-state index contributed by atoms with van der Waals surface area (Å²) in [5.74, 6) is -1.33. The van der Waals surface area contributed by atoms with E-state index in [1.54, 1.807) is 0 Å². The number of fused-ring (bicyclic) bond motifs is 2. The minimum absolute atomic E-state index is 0.542. The molecule has 118 valence electrons. The molecule has 4 heteroatoms. The van der Waals surface area contributed by atoms with Gasteiger partial charge in [-0.25, -0.2) is 4.98 Å². The van der Waals surface area contributed by atoms with Gasteiger partial charge < -0.3 is 10.8 Å². The number of nitrogens with zero attached hydrogens (tertiary/aromatic N) is 1. The van der Waals surface area contributed by atoms with Crippen LogP contribution in [0.3, 0.4) is 0 Å². The van der Waals surface area contributed by atoms with Crippen LogP contribution in [0.5, 0.6) is 0 Å². The lowest BCUT2D eigenvalue weighted by atomic mass is 9.88. The van der Waals surface area contributed by atoms with Gasteiger partial charge in [0.15, 0.2) is 0 Å². The van der Waals surface area contributed by atoms with Crippen molar-refractivity contribution >= 4 is 27.8 Å². The lowest BCUT2D eigenvalue weighted by molar-refractivity contribution is -0.138. The molecule has 0 saturated carbocycles. The van der Waals surface area contributed by atoms with Gasteiger partial charge in [-0.3, -0.25) is 4.79 Å². The van der Waals surface area contributed by atoms with Gasteiger partial charge in [0.05, 0.1) is 17.0 Å². The third kappa shape index (κ3) is 3.03. The van der Waals surface area contributed by atoms with E-state index in [1.165, 1.54) is 0 Å². The van der Waals surface area contributed by atoms with Crippen molar-refractivity contribution in [2.24, 2.45) is 5.73 Å². The van der Waals surface area contributed by atoms with Gasteiger partial charge in [-0.15, -0.1) is 0 Å². The van der Waals surface area contributed by atoms with E-state index in [0.29, 0.717) is 13.0 Å². The van der Waals surface area contributed by atoms with Crippen LogP contribution in [0.4, 0.5) is 0 Å². The van der Waals surface area contributed by atoms with Crippen LogP contribution in [0, 0.1) is 0 Å². The number of unbranched alkanes of at least 4 members (excludes halogenated alkanes) is 1. The van der Waals surface area contributed by atoms with E-state index in [1.807, 2.05) is 48.5 Å². The number of carboxylic acids is 1. The Bertz CT molecular complexity index is 791. The van der Waals surface area contributed by atoms with E-state index in [4.69, 9.17) is 5.73 Å². The molecule has 0 spiro atoms. The second-order valence-electron chi connectivity index (χ2n) is 5.74. The first-order valence-corrected chi connectivity index (χ1v) is 7.92. The first kappa shape index (κ1) is 15.4. The number of pyridine rings is 1. The fourth-order valence-corrected chi connectivity index (χ4v) is 3.13. The highest BCUT2D eigenvalue weighted by molar-refractivity contribution is 6.01. The molecule has 1 aromatic heterocycles. The summed E-state index contributed by atoms with van der Waals surface area (Å²) >= 11 is 0. The summed E-state index contributed by atoms with van der Waals surface area (Å²) in [6.45, 7) is 0.587. The largest absolute Gasteiger partial charge is 0.481 e. The topological polar surface area (TPSA) is 76.2 Å². The zero-order valence-electron chi connectivity index (χ0n) is 12.9. The van der Waals surface area contributed by atoms with Crippen LogP contribution < -0.4 is 5.73 Å². The van der Waals surface area contributed by atoms with Gasteiger partial charge in [0.1, 0.15) is 0 Å². The number of para-hydroxylation sites is 2. The van der Waals surface area contributed by atoms with Gasteiger partial charge in [-0.2, -0.15) is 0 Å². The van der Waals surface area contributed by atoms with Crippen molar-refractivity contribution in [3.8, 4) is 0 Å². The molecule has 0 aliphatic rings. The molecule has 0 radical (unpaired) electrons. The Morgan fingerprint density at radius 1 is 1.00 bits per heavy atom. The average molecular weight is 308 g/mol. The number of hydrogen-bond donors (Lipinski definition) is 2. The molecular weight excluding hydrogens is 288 g/mol. The molecule has 23 heavy (non-hydrogen) atoms. The van der Waals surface area contributed by atoms with Crippen molar-refractivity contribution < 1.29 is 9.90 Å². The second-order valence-corrected chi connectivity index (χ2v) is 5.74. The highest BCUT2D eigenvalue weighted by Crippen LogP contribution is 2.34. The van der Waals surface area contributed by atoms with Crippen molar-refractivity contribution in [1.82, 2.24) is 4.98 Å². The van der Waals surface area contributed by atoms with Gasteiger partial charge in [-0.05, 0) is 37.1 Å². The summed E-state index contributed by atoms with van der Waals surface area (Å²) in [7, 11) is 0. The van der Waals surface area contributed by atoms with Crippen molar-refractivity contribution in [2.75, 3.05) is 6.54 Å². The normalized spacial score (nSPS) is 12.6. The summed E-state index contributed by atoms with van der Waals surface area (Å²) < 4.78 is 0. The molecule has 3 rings (SSSR count). The summed E-state index contributed by atoms with van der Waals surface area (Å²) in [6.07, 6.45) is 2.23. The van der Waals surface area contributed by atoms with Gasteiger partial charge >= 0.3 is 5.97 Å². The third-order valence-corrected chi connectivity index (χ3v) is 4.22. The number of benzene rings is 2. The summed E-state index contributed by atoms with van der Waals surface area (Å²) in [5, 5.41) is 11.6. The van der Waals surface area contributed by atoms with Crippen LogP contribution in [0.25, 0.3) is 21.8 Å². The van der Waals surface area contributed by atoms with Gasteiger partial charge in [0.2, 0.25) is 0 Å². The fraction of sp³-hybridized carbons (Fsp3) is 0.263. The first-order chi connectivity index (χ1) is 11.2. The number of carboxylic acid groups (broad SMARTS) is 1. The summed E-state index contributed by atoms with van der Waals surface area (Å²) in [4.78, 5) is 16.6. The van der Waals surface area contributed by atoms with Crippen LogP contribution in [-0.2, 0) is 4.79 Å². The Balaban J connectivity index is 2.23. The highest BCUT2D eigenvalue weighted by atomic mass is 16.4. The van der Waals surface area contributed by atoms with Crippen LogP contribution >= 0.6 is 0 Å². The Morgan fingerprint density at radius 2 is 1.57 bits per heavy atom. The molecule has 4 nitrogen and oxygen atoms in total. The quantitative estimate of drug-likeness (QED) is 0.538. The third-order valence-electron chi connectivity index (χ3n) is 4.22. The molecular formula is C19H20N2O2. The Kier molecular flexibility index (Phi) is 4.53. The number of aromatic nitrogens is 1. The Labute approximate surface area is 134 Å². The van der Waals surface area contributed by atoms with Crippen LogP contribution in [0.1, 0.15) is 30.7 Å². The van der Waals surface area contributed by atoms with Crippen LogP contribution in [-0.4, -0.2) is 22.6 Å². The molecule has 0 amide bonds. The van der Waals surface area contributed by atoms with E-state index in [-0.39, 0.29) is 0 Å². The minimum atomic E-state index is -0.788. The van der Waals surface area contributed by atoms with Crippen molar-refractivity contribution in [3.63, 3.8) is 0 Å². The average Bonchev–Trinajstić information content (AvgIpc) is 2.57. The smallest absolute Gasteiger partial charge is 0.311 e. The van der Waals surface area contributed by atoms with Gasteiger partial charge in [0, 0.05) is 10.8 Å². The first-order valence-electron chi connectivity index (χ1n) is 7.92. The number of nitrogens with two attached hydrogens (primary N) is 1. The predicted molar refractivity (Wildman–Crippen MR) is 92.5 cm³/mol. The Morgan fingerprint density at radius 3 is 2.09 bits per heavy atom. The molecule has 3 N–H and O–H groups in total. The molecule has 0 aliphatic carbocycles. The summed E-state index contributed by atoms with van der Waals surface area (Å²) in [5.41, 5.74) is 8.10. The van der Waals surface area contributed by atoms with Gasteiger partial charge in [-0.1, -0.05) is 42.8 Å².